The number of likely N-dealkylation sites (tertiary alicyclic amines) is 1. The van der Waals surface area contributed by atoms with E-state index in [1.807, 2.05) is 65.7 Å². The molecule has 2 atom stereocenters. The predicted molar refractivity (Wildman–Crippen MR) is 111 cm³/mol. The number of hydrogen-bond acceptors (Lipinski definition) is 4. The molecule has 0 aliphatic carbocycles. The van der Waals surface area contributed by atoms with Crippen LogP contribution in [0.3, 0.4) is 0 Å². The molecule has 2 saturated heterocycles. The van der Waals surface area contributed by atoms with Crippen molar-refractivity contribution < 1.29 is 9.53 Å². The largest absolute Gasteiger partial charge is 0.496 e. The molecule has 3 heterocycles. The molecule has 6 nitrogen and oxygen atoms in total. The summed E-state index contributed by atoms with van der Waals surface area (Å²) in [6, 6.07) is 17.6. The average molecular weight is 388 g/mol. The van der Waals surface area contributed by atoms with Crippen LogP contribution in [0.4, 0.5) is 0 Å². The zero-order chi connectivity index (χ0) is 19.8. The van der Waals surface area contributed by atoms with Gasteiger partial charge in [0.25, 0.3) is 5.91 Å². The summed E-state index contributed by atoms with van der Waals surface area (Å²) in [5, 5.41) is 8.23. The van der Waals surface area contributed by atoms with E-state index >= 15 is 0 Å². The van der Waals surface area contributed by atoms with Crippen LogP contribution in [-0.4, -0.2) is 53.9 Å². The molecule has 3 aromatic rings. The van der Waals surface area contributed by atoms with Gasteiger partial charge in [0.2, 0.25) is 0 Å². The number of methoxy groups -OCH3 is 1. The fourth-order valence-electron chi connectivity index (χ4n) is 4.47. The standard InChI is InChI=1S/C23H24N4O2/c1-29-21-10-6-5-9-19(21)22-20(15-27(25-22)18-7-3-2-4-8-18)23(28)26-13-16-11-24-12-17(16)14-26/h2-10,15-17,24H,11-14H2,1H3/t16-,17+. The number of fused-ring (bicyclic) bond motifs is 1. The molecule has 2 aliphatic rings. The van der Waals surface area contributed by atoms with Gasteiger partial charge >= 0.3 is 0 Å². The Labute approximate surface area is 170 Å². The second kappa shape index (κ2) is 7.37. The Morgan fingerprint density at radius 3 is 2.45 bits per heavy atom. The Balaban J connectivity index is 1.58. The smallest absolute Gasteiger partial charge is 0.257 e. The van der Waals surface area contributed by atoms with E-state index < -0.39 is 0 Å². The number of nitrogens with zero attached hydrogens (tertiary/aromatic N) is 3. The lowest BCUT2D eigenvalue weighted by molar-refractivity contribution is 0.0782. The van der Waals surface area contributed by atoms with Gasteiger partial charge in [-0.05, 0) is 36.1 Å². The first-order valence-corrected chi connectivity index (χ1v) is 10.0. The van der Waals surface area contributed by atoms with Gasteiger partial charge in [0, 0.05) is 37.9 Å². The highest BCUT2D eigenvalue weighted by molar-refractivity contribution is 6.00. The third-order valence-corrected chi connectivity index (χ3v) is 6.00. The third-order valence-electron chi connectivity index (χ3n) is 6.00. The molecule has 6 heteroatoms. The predicted octanol–water partition coefficient (Wildman–Crippen LogP) is 2.84. The number of benzene rings is 2. The Morgan fingerprint density at radius 2 is 1.72 bits per heavy atom. The molecule has 0 radical (unpaired) electrons. The van der Waals surface area contributed by atoms with Crippen LogP contribution in [0.2, 0.25) is 0 Å². The van der Waals surface area contributed by atoms with Crippen molar-refractivity contribution in [3.63, 3.8) is 0 Å². The number of ether oxygens (including phenoxy) is 1. The SMILES string of the molecule is COc1ccccc1-c1nn(-c2ccccc2)cc1C(=O)N1C[C@H]2CNC[C@H]2C1. The number of rotatable bonds is 4. The molecular weight excluding hydrogens is 364 g/mol. The maximum atomic E-state index is 13.5. The van der Waals surface area contributed by atoms with Gasteiger partial charge in [0.15, 0.2) is 0 Å². The summed E-state index contributed by atoms with van der Waals surface area (Å²) in [5.74, 6) is 1.86. The summed E-state index contributed by atoms with van der Waals surface area (Å²) in [5.41, 5.74) is 3.03. The lowest BCUT2D eigenvalue weighted by Gasteiger charge is -2.17. The molecule has 1 aromatic heterocycles. The van der Waals surface area contributed by atoms with E-state index in [1.54, 1.807) is 11.8 Å². The minimum Gasteiger partial charge on any atom is -0.496 e. The zero-order valence-electron chi connectivity index (χ0n) is 16.4. The molecule has 148 valence electrons. The van der Waals surface area contributed by atoms with Crippen molar-refractivity contribution in [1.82, 2.24) is 20.0 Å². The molecule has 2 aromatic carbocycles. The quantitative estimate of drug-likeness (QED) is 0.747. The van der Waals surface area contributed by atoms with Gasteiger partial charge in [-0.2, -0.15) is 5.10 Å². The van der Waals surface area contributed by atoms with Gasteiger partial charge in [-0.1, -0.05) is 30.3 Å². The lowest BCUT2D eigenvalue weighted by Crippen LogP contribution is -2.32. The van der Waals surface area contributed by atoms with Crippen LogP contribution in [0.1, 0.15) is 10.4 Å². The molecule has 29 heavy (non-hydrogen) atoms. The van der Waals surface area contributed by atoms with E-state index in [4.69, 9.17) is 9.84 Å². The van der Waals surface area contributed by atoms with Gasteiger partial charge in [-0.15, -0.1) is 0 Å². The molecule has 5 rings (SSSR count). The Hall–Kier alpha value is -3.12. The van der Waals surface area contributed by atoms with Gasteiger partial charge in [0.05, 0.1) is 18.4 Å². The number of carbonyl (C=O) groups is 1. The number of hydrogen-bond donors (Lipinski definition) is 1. The second-order valence-electron chi connectivity index (χ2n) is 7.76. The van der Waals surface area contributed by atoms with Gasteiger partial charge in [0.1, 0.15) is 11.4 Å². The maximum absolute atomic E-state index is 13.5. The van der Waals surface area contributed by atoms with Gasteiger partial charge in [-0.25, -0.2) is 4.68 Å². The Morgan fingerprint density at radius 1 is 1.03 bits per heavy atom. The fourth-order valence-corrected chi connectivity index (χ4v) is 4.47. The first-order valence-electron chi connectivity index (χ1n) is 10.0. The van der Waals surface area contributed by atoms with Gasteiger partial charge in [-0.3, -0.25) is 4.79 Å². The van der Waals surface area contributed by atoms with Crippen LogP contribution in [0.15, 0.2) is 60.8 Å². The van der Waals surface area contributed by atoms with E-state index in [0.717, 1.165) is 37.4 Å². The van der Waals surface area contributed by atoms with Crippen molar-refractivity contribution in [2.24, 2.45) is 11.8 Å². The van der Waals surface area contributed by atoms with Crippen LogP contribution in [0, 0.1) is 11.8 Å². The van der Waals surface area contributed by atoms with Crippen LogP contribution in [0.5, 0.6) is 5.75 Å². The zero-order valence-corrected chi connectivity index (χ0v) is 16.4. The summed E-state index contributed by atoms with van der Waals surface area (Å²) in [6.45, 7) is 3.60. The molecule has 0 unspecified atom stereocenters. The molecule has 0 spiro atoms. The minimum atomic E-state index is 0.0440. The van der Waals surface area contributed by atoms with Crippen molar-refractivity contribution in [2.75, 3.05) is 33.3 Å². The number of nitrogens with one attached hydrogen (secondary N) is 1. The van der Waals surface area contributed by atoms with Crippen molar-refractivity contribution in [2.45, 2.75) is 0 Å². The van der Waals surface area contributed by atoms with Crippen LogP contribution in [0.25, 0.3) is 16.9 Å². The first kappa shape index (κ1) is 17.9. The number of carbonyl (C=O) groups excluding carboxylic acids is 1. The van der Waals surface area contributed by atoms with Gasteiger partial charge < -0.3 is 15.0 Å². The topological polar surface area (TPSA) is 59.4 Å². The molecule has 2 aliphatic heterocycles. The summed E-state index contributed by atoms with van der Waals surface area (Å²) >= 11 is 0. The second-order valence-corrected chi connectivity index (χ2v) is 7.76. The third kappa shape index (κ3) is 3.19. The van der Waals surface area contributed by atoms with Crippen molar-refractivity contribution in [1.29, 1.82) is 0 Å². The summed E-state index contributed by atoms with van der Waals surface area (Å²) in [7, 11) is 1.64. The molecular formula is C23H24N4O2. The number of para-hydroxylation sites is 2. The minimum absolute atomic E-state index is 0.0440. The van der Waals surface area contributed by atoms with Crippen molar-refractivity contribution >= 4 is 5.91 Å². The van der Waals surface area contributed by atoms with Crippen LogP contribution >= 0.6 is 0 Å². The number of amides is 1. The van der Waals surface area contributed by atoms with E-state index in [1.165, 1.54) is 0 Å². The highest BCUT2D eigenvalue weighted by atomic mass is 16.5. The summed E-state index contributed by atoms with van der Waals surface area (Å²) in [6.07, 6.45) is 1.85. The van der Waals surface area contributed by atoms with E-state index in [9.17, 15) is 4.79 Å². The van der Waals surface area contributed by atoms with E-state index in [-0.39, 0.29) is 5.91 Å². The highest BCUT2D eigenvalue weighted by Crippen LogP contribution is 2.34. The first-order chi connectivity index (χ1) is 14.2. The normalized spacial score (nSPS) is 20.7. The van der Waals surface area contributed by atoms with Crippen LogP contribution < -0.4 is 10.1 Å². The highest BCUT2D eigenvalue weighted by Gasteiger charge is 2.39. The van der Waals surface area contributed by atoms with E-state index in [2.05, 4.69) is 5.32 Å². The Kier molecular flexibility index (Phi) is 4.56. The number of aromatic nitrogens is 2. The summed E-state index contributed by atoms with van der Waals surface area (Å²) in [4.78, 5) is 15.5. The molecule has 1 amide bonds. The molecule has 2 fully saturated rings. The average Bonchev–Trinajstić information content (AvgIpc) is 3.48. The monoisotopic (exact) mass is 388 g/mol. The molecule has 0 saturated carbocycles. The van der Waals surface area contributed by atoms with E-state index in [0.29, 0.717) is 28.8 Å². The Bertz CT molecular complexity index is 1020. The molecule has 1 N–H and O–H groups in total. The van der Waals surface area contributed by atoms with Crippen molar-refractivity contribution in [3.05, 3.63) is 66.4 Å². The van der Waals surface area contributed by atoms with Crippen LogP contribution in [-0.2, 0) is 0 Å². The maximum Gasteiger partial charge on any atom is 0.257 e. The summed E-state index contributed by atoms with van der Waals surface area (Å²) < 4.78 is 7.34. The fraction of sp³-hybridized carbons (Fsp3) is 0.304. The molecule has 0 bridgehead atoms. The lowest BCUT2D eigenvalue weighted by atomic mass is 10.0. The van der Waals surface area contributed by atoms with Crippen molar-refractivity contribution in [3.8, 4) is 22.7 Å².